The van der Waals surface area contributed by atoms with Crippen LogP contribution in [-0.2, 0) is 16.2 Å². The molecule has 1 aromatic carbocycles. The summed E-state index contributed by atoms with van der Waals surface area (Å²) >= 11 is 4.40. The van der Waals surface area contributed by atoms with E-state index < -0.39 is 39.1 Å². The number of hydrogen-bond donors (Lipinski definition) is 2. The molecule has 0 aliphatic heterocycles. The Kier molecular flexibility index (Phi) is 4.32. The molecule has 0 spiro atoms. The summed E-state index contributed by atoms with van der Waals surface area (Å²) in [7, 11) is -4.35. The molecule has 25 heavy (non-hydrogen) atoms. The standard InChI is InChI=1S/C13H6BrF5N2O2S2/c14-11-1-5-10(4-20-12(5)24-11)25(22,23)21-9-3-7(15)6(2-8(9)16)13(17,18)19/h1-4,20-21H. The van der Waals surface area contributed by atoms with Crippen molar-refractivity contribution in [3.63, 3.8) is 0 Å². The van der Waals surface area contributed by atoms with Crippen molar-refractivity contribution in [2.45, 2.75) is 11.1 Å². The Morgan fingerprint density at radius 1 is 1.12 bits per heavy atom. The van der Waals surface area contributed by atoms with Gasteiger partial charge in [0.25, 0.3) is 10.0 Å². The van der Waals surface area contributed by atoms with E-state index in [1.165, 1.54) is 17.4 Å². The van der Waals surface area contributed by atoms with Gasteiger partial charge in [-0.15, -0.1) is 11.3 Å². The zero-order valence-electron chi connectivity index (χ0n) is 11.7. The van der Waals surface area contributed by atoms with Gasteiger partial charge in [-0.05, 0) is 28.1 Å². The Hall–Kier alpha value is -1.66. The van der Waals surface area contributed by atoms with Crippen LogP contribution < -0.4 is 4.72 Å². The number of benzene rings is 1. The van der Waals surface area contributed by atoms with E-state index in [4.69, 9.17) is 0 Å². The van der Waals surface area contributed by atoms with Crippen LogP contribution in [0.4, 0.5) is 27.6 Å². The normalized spacial score (nSPS) is 12.7. The number of halogens is 6. The van der Waals surface area contributed by atoms with Gasteiger partial charge in [-0.25, -0.2) is 17.2 Å². The van der Waals surface area contributed by atoms with E-state index in [2.05, 4.69) is 20.9 Å². The third kappa shape index (κ3) is 3.37. The number of anilines is 1. The van der Waals surface area contributed by atoms with Gasteiger partial charge in [0.05, 0.1) is 15.0 Å². The van der Waals surface area contributed by atoms with Gasteiger partial charge in [-0.3, -0.25) is 4.72 Å². The molecule has 4 nitrogen and oxygen atoms in total. The first-order valence-electron chi connectivity index (χ1n) is 6.34. The van der Waals surface area contributed by atoms with E-state index in [0.717, 1.165) is 6.20 Å². The zero-order valence-corrected chi connectivity index (χ0v) is 14.9. The second kappa shape index (κ2) is 5.95. The largest absolute Gasteiger partial charge is 0.419 e. The highest BCUT2D eigenvalue weighted by atomic mass is 79.9. The predicted octanol–water partition coefficient (Wildman–Crippen LogP) is 5.09. The number of sulfonamides is 1. The molecule has 0 amide bonds. The highest BCUT2D eigenvalue weighted by molar-refractivity contribution is 9.11. The molecule has 0 radical (unpaired) electrons. The molecule has 0 bridgehead atoms. The molecule has 0 saturated carbocycles. The molecule has 0 unspecified atom stereocenters. The maximum absolute atomic E-state index is 13.8. The second-order valence-corrected chi connectivity index (χ2v) is 8.94. The summed E-state index contributed by atoms with van der Waals surface area (Å²) in [6.45, 7) is 0. The number of thiophene rings is 1. The van der Waals surface area contributed by atoms with Crippen LogP contribution in [0.3, 0.4) is 0 Å². The molecule has 2 heterocycles. The summed E-state index contributed by atoms with van der Waals surface area (Å²) in [5.41, 5.74) is -2.74. The van der Waals surface area contributed by atoms with Crippen LogP contribution in [0.1, 0.15) is 5.56 Å². The molecule has 2 aromatic heterocycles. The average molecular weight is 461 g/mol. The Morgan fingerprint density at radius 2 is 1.80 bits per heavy atom. The minimum absolute atomic E-state index is 0.0962. The van der Waals surface area contributed by atoms with Crippen molar-refractivity contribution in [3.8, 4) is 0 Å². The first-order chi connectivity index (χ1) is 11.5. The molecule has 12 heteroatoms. The minimum Gasteiger partial charge on any atom is -0.352 e. The molecule has 0 atom stereocenters. The predicted molar refractivity (Wildman–Crippen MR) is 86.0 cm³/mol. The average Bonchev–Trinajstić information content (AvgIpc) is 2.99. The van der Waals surface area contributed by atoms with Crippen molar-refractivity contribution in [2.75, 3.05) is 4.72 Å². The molecule has 0 aliphatic rings. The van der Waals surface area contributed by atoms with Gasteiger partial charge in [0.1, 0.15) is 21.4 Å². The Labute approximate surface area is 149 Å². The molecule has 0 saturated heterocycles. The van der Waals surface area contributed by atoms with E-state index in [-0.39, 0.29) is 17.0 Å². The smallest absolute Gasteiger partial charge is 0.352 e. The Balaban J connectivity index is 2.03. The van der Waals surface area contributed by atoms with Crippen LogP contribution in [-0.4, -0.2) is 13.4 Å². The van der Waals surface area contributed by atoms with E-state index >= 15 is 0 Å². The number of hydrogen-bond acceptors (Lipinski definition) is 3. The van der Waals surface area contributed by atoms with Crippen molar-refractivity contribution >= 4 is 53.2 Å². The minimum atomic E-state index is -5.10. The molecular weight excluding hydrogens is 455 g/mol. The van der Waals surface area contributed by atoms with E-state index in [9.17, 15) is 30.4 Å². The number of alkyl halides is 3. The van der Waals surface area contributed by atoms with Crippen molar-refractivity contribution < 1.29 is 30.4 Å². The lowest BCUT2D eigenvalue weighted by molar-refractivity contribution is -0.140. The van der Waals surface area contributed by atoms with E-state index in [0.29, 0.717) is 14.0 Å². The van der Waals surface area contributed by atoms with Gasteiger partial charge in [-0.1, -0.05) is 0 Å². The number of nitrogens with one attached hydrogen (secondary N) is 2. The summed E-state index contributed by atoms with van der Waals surface area (Å²) in [6.07, 6.45) is -3.95. The zero-order chi connectivity index (χ0) is 18.6. The third-order valence-corrected chi connectivity index (χ3v) is 6.17. The molecule has 134 valence electrons. The number of aromatic nitrogens is 1. The van der Waals surface area contributed by atoms with Crippen LogP contribution in [0.15, 0.2) is 33.1 Å². The van der Waals surface area contributed by atoms with Crippen molar-refractivity contribution in [1.29, 1.82) is 0 Å². The summed E-state index contributed by atoms with van der Waals surface area (Å²) in [5.74, 6) is -3.33. The second-order valence-electron chi connectivity index (χ2n) is 4.86. The Morgan fingerprint density at radius 3 is 2.44 bits per heavy atom. The molecule has 3 aromatic rings. The monoisotopic (exact) mass is 460 g/mol. The molecule has 2 N–H and O–H groups in total. The first kappa shape index (κ1) is 18.1. The third-order valence-electron chi connectivity index (χ3n) is 3.20. The van der Waals surface area contributed by atoms with E-state index in [1.54, 1.807) is 4.72 Å². The fourth-order valence-corrected chi connectivity index (χ4v) is 4.89. The lowest BCUT2D eigenvalue weighted by Crippen LogP contribution is -2.15. The van der Waals surface area contributed by atoms with Crippen molar-refractivity contribution in [1.82, 2.24) is 4.98 Å². The topological polar surface area (TPSA) is 62.0 Å². The van der Waals surface area contributed by atoms with Crippen LogP contribution in [0, 0.1) is 11.6 Å². The van der Waals surface area contributed by atoms with Crippen LogP contribution in [0.2, 0.25) is 0 Å². The van der Waals surface area contributed by atoms with Gasteiger partial charge < -0.3 is 4.98 Å². The molecule has 0 aliphatic carbocycles. The van der Waals surface area contributed by atoms with Crippen molar-refractivity contribution in [2.24, 2.45) is 0 Å². The van der Waals surface area contributed by atoms with Crippen LogP contribution in [0.5, 0.6) is 0 Å². The van der Waals surface area contributed by atoms with Crippen molar-refractivity contribution in [3.05, 3.63) is 45.4 Å². The summed E-state index contributed by atoms with van der Waals surface area (Å²) in [5, 5.41) is 0.303. The highest BCUT2D eigenvalue weighted by Gasteiger charge is 2.35. The van der Waals surface area contributed by atoms with Crippen LogP contribution in [0.25, 0.3) is 10.2 Å². The molecule has 0 fully saturated rings. The fourth-order valence-electron chi connectivity index (χ4n) is 2.12. The van der Waals surface area contributed by atoms with E-state index in [1.807, 2.05) is 0 Å². The summed E-state index contributed by atoms with van der Waals surface area (Å²) in [4.78, 5) is 2.98. The SMILES string of the molecule is O=S(=O)(Nc1cc(F)c(C(F)(F)F)cc1F)c1c[nH]c2sc(Br)cc12. The van der Waals surface area contributed by atoms with Gasteiger partial charge >= 0.3 is 6.18 Å². The van der Waals surface area contributed by atoms with Gasteiger partial charge in [0.15, 0.2) is 0 Å². The van der Waals surface area contributed by atoms with Crippen LogP contribution >= 0.6 is 27.3 Å². The number of H-pyrrole nitrogens is 1. The summed E-state index contributed by atoms with van der Waals surface area (Å²) < 4.78 is 92.2. The maximum atomic E-state index is 13.8. The lowest BCUT2D eigenvalue weighted by atomic mass is 10.2. The molecule has 3 rings (SSSR count). The van der Waals surface area contributed by atoms with Gasteiger partial charge in [0.2, 0.25) is 0 Å². The Bertz CT molecular complexity index is 1070. The summed E-state index contributed by atoms with van der Waals surface area (Å²) in [6, 6.07) is 1.57. The lowest BCUT2D eigenvalue weighted by Gasteiger charge is -2.12. The molecular formula is C13H6BrF5N2O2S2. The van der Waals surface area contributed by atoms with Gasteiger partial charge in [-0.2, -0.15) is 13.2 Å². The number of fused-ring (bicyclic) bond motifs is 1. The highest BCUT2D eigenvalue weighted by Crippen LogP contribution is 2.36. The number of aromatic amines is 1. The maximum Gasteiger partial charge on any atom is 0.419 e. The fraction of sp³-hybridized carbons (Fsp3) is 0.0769. The van der Waals surface area contributed by atoms with Gasteiger partial charge in [0, 0.05) is 17.6 Å². The number of rotatable bonds is 3. The first-order valence-corrected chi connectivity index (χ1v) is 9.44. The quantitative estimate of drug-likeness (QED) is 0.534.